The summed E-state index contributed by atoms with van der Waals surface area (Å²) < 4.78 is 15.2. The number of ether oxygens (including phenoxy) is 3. The predicted molar refractivity (Wildman–Crippen MR) is 46.1 cm³/mol. The zero-order valence-corrected chi connectivity index (χ0v) is 8.07. The van der Waals surface area contributed by atoms with Crippen LogP contribution in [0.15, 0.2) is 12.2 Å². The molecule has 0 bridgehead atoms. The first-order valence-corrected chi connectivity index (χ1v) is 4.11. The summed E-state index contributed by atoms with van der Waals surface area (Å²) in [4.78, 5) is 10.7. The lowest BCUT2D eigenvalue weighted by Gasteiger charge is -2.15. The van der Waals surface area contributed by atoms with Crippen molar-refractivity contribution in [2.75, 3.05) is 13.7 Å². The number of carbonyl (C=O) groups excluding carboxylic acids is 1. The maximum Gasteiger partial charge on any atom is 0.330 e. The Morgan fingerprint density at radius 3 is 2.77 bits per heavy atom. The summed E-state index contributed by atoms with van der Waals surface area (Å²) in [5.74, 6) is -0.932. The molecule has 4 nitrogen and oxygen atoms in total. The van der Waals surface area contributed by atoms with Crippen LogP contribution in [0.5, 0.6) is 0 Å². The molecule has 74 valence electrons. The van der Waals surface area contributed by atoms with Crippen LogP contribution in [0.3, 0.4) is 0 Å². The minimum atomic E-state index is -0.550. The van der Waals surface area contributed by atoms with Crippen LogP contribution in [0.2, 0.25) is 0 Å². The summed E-state index contributed by atoms with van der Waals surface area (Å²) >= 11 is 0. The molecular weight excluding hydrogens is 172 g/mol. The van der Waals surface area contributed by atoms with Crippen LogP contribution in [0.1, 0.15) is 13.8 Å². The second-order valence-electron chi connectivity index (χ2n) is 3.25. The molecule has 0 aromatic heterocycles. The SMILES string of the molecule is COC(=O)/C=C/C1COC(C)(C)O1. The molecule has 13 heavy (non-hydrogen) atoms. The summed E-state index contributed by atoms with van der Waals surface area (Å²) in [6.45, 7) is 4.14. The Labute approximate surface area is 77.5 Å². The molecule has 0 N–H and O–H groups in total. The molecule has 0 aromatic rings. The van der Waals surface area contributed by atoms with Gasteiger partial charge in [-0.25, -0.2) is 4.79 Å². The van der Waals surface area contributed by atoms with Crippen LogP contribution >= 0.6 is 0 Å². The van der Waals surface area contributed by atoms with Crippen molar-refractivity contribution in [1.82, 2.24) is 0 Å². The number of hydrogen-bond donors (Lipinski definition) is 0. The van der Waals surface area contributed by atoms with Crippen molar-refractivity contribution < 1.29 is 19.0 Å². The maximum atomic E-state index is 10.7. The highest BCUT2D eigenvalue weighted by Gasteiger charge is 2.30. The first-order chi connectivity index (χ1) is 6.03. The average molecular weight is 186 g/mol. The molecular formula is C9H14O4. The first-order valence-electron chi connectivity index (χ1n) is 4.11. The first kappa shape index (κ1) is 10.2. The normalized spacial score (nSPS) is 26.5. The molecule has 0 saturated carbocycles. The third-order valence-corrected chi connectivity index (χ3v) is 1.68. The summed E-state index contributed by atoms with van der Waals surface area (Å²) in [6.07, 6.45) is 2.82. The van der Waals surface area contributed by atoms with Gasteiger partial charge in [0, 0.05) is 6.08 Å². The molecule has 0 aromatic carbocycles. The minimum Gasteiger partial charge on any atom is -0.466 e. The van der Waals surface area contributed by atoms with Crippen molar-refractivity contribution in [1.29, 1.82) is 0 Å². The van der Waals surface area contributed by atoms with Gasteiger partial charge in [-0.1, -0.05) is 0 Å². The molecule has 1 aliphatic rings. The van der Waals surface area contributed by atoms with Gasteiger partial charge in [-0.3, -0.25) is 0 Å². The lowest BCUT2D eigenvalue weighted by Crippen LogP contribution is -2.20. The van der Waals surface area contributed by atoms with Crippen molar-refractivity contribution >= 4 is 5.97 Å². The lowest BCUT2D eigenvalue weighted by molar-refractivity contribution is -0.136. The number of carbonyl (C=O) groups is 1. The molecule has 0 amide bonds. The third kappa shape index (κ3) is 3.16. The predicted octanol–water partition coefficient (Wildman–Crippen LogP) is 0.867. The van der Waals surface area contributed by atoms with Crippen molar-refractivity contribution in [3.05, 3.63) is 12.2 Å². The van der Waals surface area contributed by atoms with E-state index in [1.807, 2.05) is 13.8 Å². The highest BCUT2D eigenvalue weighted by molar-refractivity contribution is 5.81. The Hall–Kier alpha value is -0.870. The molecule has 1 saturated heterocycles. The van der Waals surface area contributed by atoms with Crippen LogP contribution in [0, 0.1) is 0 Å². The Balaban J connectivity index is 2.40. The van der Waals surface area contributed by atoms with E-state index in [0.29, 0.717) is 6.61 Å². The molecule has 1 unspecified atom stereocenters. The van der Waals surface area contributed by atoms with E-state index in [1.165, 1.54) is 13.2 Å². The molecule has 4 heteroatoms. The number of methoxy groups -OCH3 is 1. The van der Waals surface area contributed by atoms with Crippen molar-refractivity contribution in [3.63, 3.8) is 0 Å². The van der Waals surface area contributed by atoms with Crippen LogP contribution in [0.4, 0.5) is 0 Å². The molecule has 1 aliphatic heterocycles. The Morgan fingerprint density at radius 2 is 2.31 bits per heavy atom. The van der Waals surface area contributed by atoms with Crippen molar-refractivity contribution in [2.45, 2.75) is 25.7 Å². The molecule has 1 rings (SSSR count). The zero-order chi connectivity index (χ0) is 9.90. The third-order valence-electron chi connectivity index (χ3n) is 1.68. The maximum absolute atomic E-state index is 10.7. The number of hydrogen-bond acceptors (Lipinski definition) is 4. The second kappa shape index (κ2) is 3.89. The fraction of sp³-hybridized carbons (Fsp3) is 0.667. The Morgan fingerprint density at radius 1 is 1.62 bits per heavy atom. The van der Waals surface area contributed by atoms with Gasteiger partial charge in [-0.15, -0.1) is 0 Å². The molecule has 0 aliphatic carbocycles. The summed E-state index contributed by atoms with van der Waals surface area (Å²) in [5, 5.41) is 0. The second-order valence-corrected chi connectivity index (χ2v) is 3.25. The number of rotatable bonds is 2. The monoisotopic (exact) mass is 186 g/mol. The van der Waals surface area contributed by atoms with Crippen molar-refractivity contribution in [2.24, 2.45) is 0 Å². The standard InChI is InChI=1S/C9H14O4/c1-9(2)12-6-7(13-9)4-5-8(10)11-3/h4-5,7H,6H2,1-3H3/b5-4+. The van der Waals surface area contributed by atoms with Gasteiger partial charge in [-0.05, 0) is 19.9 Å². The zero-order valence-electron chi connectivity index (χ0n) is 8.07. The Bertz CT molecular complexity index is 220. The average Bonchev–Trinajstić information content (AvgIpc) is 2.41. The van der Waals surface area contributed by atoms with Gasteiger partial charge in [0.25, 0.3) is 0 Å². The van der Waals surface area contributed by atoms with E-state index in [2.05, 4.69) is 4.74 Å². The van der Waals surface area contributed by atoms with Gasteiger partial charge in [0.05, 0.1) is 13.7 Å². The smallest absolute Gasteiger partial charge is 0.330 e. The van der Waals surface area contributed by atoms with Gasteiger partial charge in [-0.2, -0.15) is 0 Å². The van der Waals surface area contributed by atoms with E-state index in [9.17, 15) is 4.79 Å². The van der Waals surface area contributed by atoms with E-state index >= 15 is 0 Å². The van der Waals surface area contributed by atoms with Crippen molar-refractivity contribution in [3.8, 4) is 0 Å². The van der Waals surface area contributed by atoms with E-state index in [4.69, 9.17) is 9.47 Å². The summed E-state index contributed by atoms with van der Waals surface area (Å²) in [7, 11) is 1.34. The van der Waals surface area contributed by atoms with E-state index in [-0.39, 0.29) is 12.1 Å². The largest absolute Gasteiger partial charge is 0.466 e. The van der Waals surface area contributed by atoms with E-state index in [1.54, 1.807) is 6.08 Å². The van der Waals surface area contributed by atoms with Crippen LogP contribution in [-0.4, -0.2) is 31.6 Å². The highest BCUT2D eigenvalue weighted by Crippen LogP contribution is 2.22. The van der Waals surface area contributed by atoms with E-state index < -0.39 is 5.79 Å². The van der Waals surface area contributed by atoms with Crippen LogP contribution in [0.25, 0.3) is 0 Å². The Kier molecular flexibility index (Phi) is 3.06. The quantitative estimate of drug-likeness (QED) is 0.474. The molecule has 1 atom stereocenters. The lowest BCUT2D eigenvalue weighted by atomic mass is 10.3. The van der Waals surface area contributed by atoms with Gasteiger partial charge in [0.2, 0.25) is 0 Å². The fourth-order valence-corrected chi connectivity index (χ4v) is 1.06. The molecule has 1 fully saturated rings. The number of esters is 1. The van der Waals surface area contributed by atoms with Gasteiger partial charge in [0.1, 0.15) is 6.10 Å². The fourth-order valence-electron chi connectivity index (χ4n) is 1.06. The highest BCUT2D eigenvalue weighted by atomic mass is 16.7. The summed E-state index contributed by atoms with van der Waals surface area (Å²) in [5.41, 5.74) is 0. The van der Waals surface area contributed by atoms with E-state index in [0.717, 1.165) is 0 Å². The van der Waals surface area contributed by atoms with Crippen LogP contribution < -0.4 is 0 Å². The summed E-state index contributed by atoms with van der Waals surface area (Å²) in [6, 6.07) is 0. The van der Waals surface area contributed by atoms with Gasteiger partial charge >= 0.3 is 5.97 Å². The minimum absolute atomic E-state index is 0.158. The van der Waals surface area contributed by atoms with Gasteiger partial charge < -0.3 is 14.2 Å². The van der Waals surface area contributed by atoms with Crippen LogP contribution in [-0.2, 0) is 19.0 Å². The molecule has 1 heterocycles. The van der Waals surface area contributed by atoms with Gasteiger partial charge in [0.15, 0.2) is 5.79 Å². The topological polar surface area (TPSA) is 44.8 Å². The molecule has 0 radical (unpaired) electrons. The molecule has 0 spiro atoms.